The van der Waals surface area contributed by atoms with Gasteiger partial charge >= 0.3 is 0 Å². The molecule has 6 aromatic rings. The highest BCUT2D eigenvalue weighted by Crippen LogP contribution is 2.46. The Morgan fingerprint density at radius 3 is 1.75 bits per heavy atom. The largest absolute Gasteiger partial charge is 0.505 e. The Kier molecular flexibility index (Phi) is 14.6. The minimum absolute atomic E-state index is 0.0558. The first kappa shape index (κ1) is 50.3. The van der Waals surface area contributed by atoms with Crippen LogP contribution in [0.15, 0.2) is 118 Å². The lowest BCUT2D eigenvalue weighted by molar-refractivity contribution is -0.385. The van der Waals surface area contributed by atoms with Gasteiger partial charge in [-0.3, -0.25) is 28.6 Å². The van der Waals surface area contributed by atoms with Crippen LogP contribution in [0.4, 0.5) is 39.8 Å². The van der Waals surface area contributed by atoms with E-state index in [1.165, 1.54) is 25.3 Å². The molecule has 1 heterocycles. The van der Waals surface area contributed by atoms with Gasteiger partial charge in [-0.25, -0.2) is 0 Å². The Balaban J connectivity index is 1.44. The van der Waals surface area contributed by atoms with Crippen LogP contribution >= 0.6 is 0 Å². The van der Waals surface area contributed by atoms with Crippen LogP contribution in [-0.4, -0.2) is 113 Å². The van der Waals surface area contributed by atoms with Crippen LogP contribution in [0.25, 0.3) is 16.5 Å². The molecule has 1 aromatic heterocycles. The van der Waals surface area contributed by atoms with Gasteiger partial charge in [-0.1, -0.05) is 0 Å². The average Bonchev–Trinajstić information content (AvgIpc) is 3.63. The zero-order valence-corrected chi connectivity index (χ0v) is 37.1. The number of methoxy groups -OCH3 is 1. The summed E-state index contributed by atoms with van der Waals surface area (Å²) in [6, 6.07) is 12.0. The molecule has 362 valence electrons. The number of fused-ring (bicyclic) bond motifs is 1. The molecule has 0 bridgehead atoms. The number of carbonyl (C=O) groups excluding carboxylic acids is 1. The number of nitro groups is 1. The number of non-ortho nitro benzene ring substituents is 1. The SMILES string of the molecule is COc1ccc(N=Nc2cc(OCCO)c(N=Nc3c(S(=O)(=O)O)cc4cc(-n5nc(C(N)=O)c(N=Nc6ccc([N+](=O)[O-])cc6S(=O)(=O)O)c5O)ccc4c3O)cc2OCCO)c(S(=O)(=O)O)c1. The number of aliphatic hydroxyl groups excluding tert-OH is 2. The second kappa shape index (κ2) is 20.0. The molecule has 32 heteroatoms. The molecule has 0 radical (unpaired) electrons. The molecule has 0 aliphatic heterocycles. The highest BCUT2D eigenvalue weighted by molar-refractivity contribution is 7.86. The molecular formula is C37H32N10O19S3. The van der Waals surface area contributed by atoms with Crippen LogP contribution < -0.4 is 19.9 Å². The number of aromatic hydroxyl groups is 2. The molecule has 0 aliphatic carbocycles. The van der Waals surface area contributed by atoms with Crippen molar-refractivity contribution in [2.45, 2.75) is 14.7 Å². The summed E-state index contributed by atoms with van der Waals surface area (Å²) in [5.41, 5.74) is 0.581. The van der Waals surface area contributed by atoms with Crippen LogP contribution in [0.2, 0.25) is 0 Å². The number of ether oxygens (including phenoxy) is 3. The molecule has 6 rings (SSSR count). The molecule has 0 fully saturated rings. The molecule has 9 N–H and O–H groups in total. The zero-order chi connectivity index (χ0) is 50.6. The predicted octanol–water partition coefficient (Wildman–Crippen LogP) is 5.18. The lowest BCUT2D eigenvalue weighted by Crippen LogP contribution is -2.12. The van der Waals surface area contributed by atoms with E-state index < -0.39 is 109 Å². The molecule has 5 aromatic carbocycles. The Morgan fingerprint density at radius 2 is 1.22 bits per heavy atom. The summed E-state index contributed by atoms with van der Waals surface area (Å²) >= 11 is 0. The van der Waals surface area contributed by atoms with Crippen molar-refractivity contribution in [2.24, 2.45) is 36.4 Å². The summed E-state index contributed by atoms with van der Waals surface area (Å²) in [4.78, 5) is 19.8. The van der Waals surface area contributed by atoms with Crippen molar-refractivity contribution in [1.82, 2.24) is 9.78 Å². The summed E-state index contributed by atoms with van der Waals surface area (Å²) in [6.45, 7) is -1.82. The summed E-state index contributed by atoms with van der Waals surface area (Å²) in [5.74, 6) is -3.60. The van der Waals surface area contributed by atoms with Crippen LogP contribution in [-0.2, 0) is 30.4 Å². The van der Waals surface area contributed by atoms with Crippen molar-refractivity contribution in [3.63, 3.8) is 0 Å². The maximum absolute atomic E-state index is 12.8. The van der Waals surface area contributed by atoms with Gasteiger partial charge in [-0.15, -0.1) is 30.7 Å². The fraction of sp³-hybridized carbons (Fsp3) is 0.135. The highest BCUT2D eigenvalue weighted by atomic mass is 32.2. The smallest absolute Gasteiger partial charge is 0.297 e. The van der Waals surface area contributed by atoms with Crippen LogP contribution in [0, 0.1) is 10.1 Å². The fourth-order valence-corrected chi connectivity index (χ4v) is 7.91. The lowest BCUT2D eigenvalue weighted by Gasteiger charge is -2.13. The zero-order valence-electron chi connectivity index (χ0n) is 34.6. The molecule has 0 unspecified atom stereocenters. The Bertz CT molecular complexity index is 3490. The third kappa shape index (κ3) is 11.2. The van der Waals surface area contributed by atoms with Crippen molar-refractivity contribution in [1.29, 1.82) is 0 Å². The van der Waals surface area contributed by atoms with E-state index in [9.17, 15) is 74.2 Å². The molecule has 0 saturated carbocycles. The first-order valence-electron chi connectivity index (χ1n) is 18.7. The Hall–Kier alpha value is -8.11. The normalized spacial score (nSPS) is 12.4. The molecule has 0 atom stereocenters. The number of hydrogen-bond donors (Lipinski definition) is 8. The third-order valence-corrected chi connectivity index (χ3v) is 11.7. The molecule has 1 amide bonds. The average molecular weight is 1020 g/mol. The van der Waals surface area contributed by atoms with Gasteiger partial charge in [0.05, 0.1) is 30.9 Å². The summed E-state index contributed by atoms with van der Waals surface area (Å²) < 4.78 is 120. The standard InChI is InChI=1S/C37H32N10O19S3/c1-64-21-4-7-24(30(15-21)68(58,59)60)39-41-25-16-28(66-11-9-49)26(17-27(25)65-10-8-48)42-43-32-31(69(61,62)63)13-18-12-19(2-5-22(18)35(32)50)46-37(52)34(33(45-46)36(38)51)44-40-23-6-3-20(47(53)54)14-29(23)67(55,56)57/h2-7,12-17,48-50,52H,8-11H2,1H3,(H2,38,51)(H,55,56,57)(H,58,59,60)(H,61,62,63). The van der Waals surface area contributed by atoms with Crippen molar-refractivity contribution in [2.75, 3.05) is 33.5 Å². The maximum atomic E-state index is 12.8. The topological polar surface area (TPSA) is 450 Å². The minimum atomic E-state index is -5.29. The number of phenolic OH excluding ortho intramolecular Hbond substituents is 1. The van der Waals surface area contributed by atoms with Crippen molar-refractivity contribution >= 4 is 86.8 Å². The van der Waals surface area contributed by atoms with E-state index in [0.717, 1.165) is 48.5 Å². The van der Waals surface area contributed by atoms with Crippen molar-refractivity contribution < 1.29 is 83.3 Å². The highest BCUT2D eigenvalue weighted by Gasteiger charge is 2.27. The Morgan fingerprint density at radius 1 is 0.696 bits per heavy atom. The molecule has 0 aliphatic rings. The van der Waals surface area contributed by atoms with E-state index in [2.05, 4.69) is 35.8 Å². The van der Waals surface area contributed by atoms with E-state index in [-0.39, 0.29) is 64.0 Å². The maximum Gasteiger partial charge on any atom is 0.297 e. The van der Waals surface area contributed by atoms with E-state index in [4.69, 9.17) is 19.9 Å². The molecule has 29 nitrogen and oxygen atoms in total. The van der Waals surface area contributed by atoms with E-state index in [1.54, 1.807) is 0 Å². The van der Waals surface area contributed by atoms with Crippen LogP contribution in [0.5, 0.6) is 28.9 Å². The lowest BCUT2D eigenvalue weighted by atomic mass is 10.1. The van der Waals surface area contributed by atoms with Gasteiger partial charge in [0.2, 0.25) is 5.88 Å². The second-order valence-corrected chi connectivity index (χ2v) is 17.6. The minimum Gasteiger partial charge on any atom is -0.505 e. The van der Waals surface area contributed by atoms with Gasteiger partial charge in [-0.2, -0.15) is 35.0 Å². The third-order valence-electron chi connectivity index (χ3n) is 9.02. The number of azo groups is 3. The number of hydrogen-bond acceptors (Lipinski definition) is 23. The fourth-order valence-electron chi connectivity index (χ4n) is 5.97. The predicted molar refractivity (Wildman–Crippen MR) is 233 cm³/mol. The summed E-state index contributed by atoms with van der Waals surface area (Å²) in [7, 11) is -14.0. The summed E-state index contributed by atoms with van der Waals surface area (Å²) in [5, 5.41) is 79.3. The first-order chi connectivity index (χ1) is 32.5. The van der Waals surface area contributed by atoms with Crippen molar-refractivity contribution in [3.8, 4) is 34.6 Å². The van der Waals surface area contributed by atoms with Crippen molar-refractivity contribution in [3.05, 3.63) is 88.6 Å². The molecular weight excluding hydrogens is 985 g/mol. The van der Waals surface area contributed by atoms with Gasteiger partial charge in [0.1, 0.15) is 73.6 Å². The van der Waals surface area contributed by atoms with Gasteiger partial charge in [0, 0.05) is 35.7 Å². The number of amides is 1. The number of rotatable bonds is 19. The number of carbonyl (C=O) groups is 1. The van der Waals surface area contributed by atoms with Crippen LogP contribution in [0.3, 0.4) is 0 Å². The quantitative estimate of drug-likeness (QED) is 0.0224. The molecule has 0 saturated heterocycles. The number of nitrogens with zero attached hydrogens (tertiary/aromatic N) is 9. The van der Waals surface area contributed by atoms with Gasteiger partial charge < -0.3 is 40.4 Å². The number of aliphatic hydroxyl groups is 2. The number of aromatic nitrogens is 2. The number of benzene rings is 5. The number of primary amides is 1. The monoisotopic (exact) mass is 1020 g/mol. The Labute approximate surface area is 386 Å². The van der Waals surface area contributed by atoms with Gasteiger partial charge in [0.25, 0.3) is 41.9 Å². The van der Waals surface area contributed by atoms with Gasteiger partial charge in [0.15, 0.2) is 17.1 Å². The van der Waals surface area contributed by atoms with Gasteiger partial charge in [-0.05, 0) is 47.9 Å². The number of nitrogens with two attached hydrogens (primary N) is 1. The number of phenols is 1. The first-order valence-corrected chi connectivity index (χ1v) is 23.0. The number of nitro benzene ring substituents is 1. The second-order valence-electron chi connectivity index (χ2n) is 13.5. The van der Waals surface area contributed by atoms with E-state index >= 15 is 0 Å². The molecule has 0 spiro atoms. The van der Waals surface area contributed by atoms with E-state index in [0.29, 0.717) is 10.7 Å². The molecule has 69 heavy (non-hydrogen) atoms. The van der Waals surface area contributed by atoms with Crippen LogP contribution in [0.1, 0.15) is 10.5 Å². The van der Waals surface area contributed by atoms with E-state index in [1.807, 2.05) is 0 Å². The summed E-state index contributed by atoms with van der Waals surface area (Å²) in [6.07, 6.45) is 0.